The molecule has 2 unspecified atom stereocenters. The first-order chi connectivity index (χ1) is 8.20. The average Bonchev–Trinajstić information content (AvgIpc) is 2.39. The van der Waals surface area contributed by atoms with Gasteiger partial charge in [0.05, 0.1) is 5.56 Å². The minimum atomic E-state index is -0.0482. The van der Waals surface area contributed by atoms with Gasteiger partial charge >= 0.3 is 0 Å². The van der Waals surface area contributed by atoms with Crippen molar-refractivity contribution in [3.05, 3.63) is 24.3 Å². The van der Waals surface area contributed by atoms with E-state index in [1.807, 2.05) is 7.05 Å². The molecule has 1 aromatic heterocycles. The lowest BCUT2D eigenvalue weighted by molar-refractivity contribution is 0.0671. The summed E-state index contributed by atoms with van der Waals surface area (Å²) in [5.74, 6) is -0.0482. The van der Waals surface area contributed by atoms with Crippen LogP contribution >= 0.6 is 0 Å². The van der Waals surface area contributed by atoms with Crippen molar-refractivity contribution in [2.75, 3.05) is 7.05 Å². The standard InChI is InChI=1S/C12H18N4O/c1-16(11-5-3-2-4-10(11)13)12(17)9-6-14-8-15-7-9/h6-8,10-11H,2-5,13H2,1H3. The molecule has 1 aliphatic rings. The molecule has 0 bridgehead atoms. The van der Waals surface area contributed by atoms with Gasteiger partial charge in [-0.3, -0.25) is 4.79 Å². The van der Waals surface area contributed by atoms with E-state index < -0.39 is 0 Å². The van der Waals surface area contributed by atoms with E-state index in [4.69, 9.17) is 5.73 Å². The quantitative estimate of drug-likeness (QED) is 0.822. The number of carbonyl (C=O) groups excluding carboxylic acids is 1. The summed E-state index contributed by atoms with van der Waals surface area (Å²) in [4.78, 5) is 21.6. The fraction of sp³-hybridized carbons (Fsp3) is 0.583. The Kier molecular flexibility index (Phi) is 3.68. The molecule has 1 aliphatic carbocycles. The van der Waals surface area contributed by atoms with Gasteiger partial charge in [-0.2, -0.15) is 0 Å². The van der Waals surface area contributed by atoms with Crippen LogP contribution in [0.2, 0.25) is 0 Å². The van der Waals surface area contributed by atoms with Crippen LogP contribution in [0.5, 0.6) is 0 Å². The van der Waals surface area contributed by atoms with Crippen molar-refractivity contribution in [2.24, 2.45) is 5.73 Å². The van der Waals surface area contributed by atoms with Gasteiger partial charge in [0, 0.05) is 31.5 Å². The van der Waals surface area contributed by atoms with E-state index in [9.17, 15) is 4.79 Å². The van der Waals surface area contributed by atoms with Crippen LogP contribution in [0.3, 0.4) is 0 Å². The Labute approximate surface area is 101 Å². The van der Waals surface area contributed by atoms with Gasteiger partial charge in [0.1, 0.15) is 6.33 Å². The second-order valence-corrected chi connectivity index (χ2v) is 4.56. The monoisotopic (exact) mass is 234 g/mol. The number of hydrogen-bond acceptors (Lipinski definition) is 4. The molecule has 5 heteroatoms. The highest BCUT2D eigenvalue weighted by Crippen LogP contribution is 2.22. The molecule has 2 rings (SSSR count). The predicted molar refractivity (Wildman–Crippen MR) is 64.4 cm³/mol. The molecule has 17 heavy (non-hydrogen) atoms. The van der Waals surface area contributed by atoms with Crippen molar-refractivity contribution >= 4 is 5.91 Å². The van der Waals surface area contributed by atoms with Crippen LogP contribution in [0, 0.1) is 0 Å². The second kappa shape index (κ2) is 5.23. The SMILES string of the molecule is CN(C(=O)c1cncnc1)C1CCCCC1N. The van der Waals surface area contributed by atoms with Gasteiger partial charge in [0.25, 0.3) is 5.91 Å². The fourth-order valence-corrected chi connectivity index (χ4v) is 2.38. The molecule has 1 amide bonds. The van der Waals surface area contributed by atoms with E-state index in [1.54, 1.807) is 17.3 Å². The molecular weight excluding hydrogens is 216 g/mol. The van der Waals surface area contributed by atoms with Crippen molar-refractivity contribution in [3.63, 3.8) is 0 Å². The number of hydrogen-bond donors (Lipinski definition) is 1. The van der Waals surface area contributed by atoms with Gasteiger partial charge < -0.3 is 10.6 Å². The van der Waals surface area contributed by atoms with Gasteiger partial charge in [-0.05, 0) is 12.8 Å². The number of carbonyl (C=O) groups is 1. The number of nitrogens with two attached hydrogens (primary N) is 1. The highest BCUT2D eigenvalue weighted by molar-refractivity contribution is 5.93. The van der Waals surface area contributed by atoms with Crippen LogP contribution in [0.25, 0.3) is 0 Å². The zero-order chi connectivity index (χ0) is 12.3. The third-order valence-corrected chi connectivity index (χ3v) is 3.41. The lowest BCUT2D eigenvalue weighted by atomic mass is 9.90. The van der Waals surface area contributed by atoms with Crippen molar-refractivity contribution in [3.8, 4) is 0 Å². The van der Waals surface area contributed by atoms with Crippen LogP contribution < -0.4 is 5.73 Å². The van der Waals surface area contributed by atoms with Crippen LogP contribution in [-0.2, 0) is 0 Å². The van der Waals surface area contributed by atoms with E-state index in [0.29, 0.717) is 5.56 Å². The summed E-state index contributed by atoms with van der Waals surface area (Å²) in [6.45, 7) is 0. The molecule has 92 valence electrons. The van der Waals surface area contributed by atoms with Crippen LogP contribution in [0.15, 0.2) is 18.7 Å². The largest absolute Gasteiger partial charge is 0.337 e. The lowest BCUT2D eigenvalue weighted by Gasteiger charge is -2.35. The summed E-state index contributed by atoms with van der Waals surface area (Å²) in [7, 11) is 1.81. The molecule has 0 aromatic carbocycles. The topological polar surface area (TPSA) is 72.1 Å². The third-order valence-electron chi connectivity index (χ3n) is 3.41. The fourth-order valence-electron chi connectivity index (χ4n) is 2.38. The van der Waals surface area contributed by atoms with E-state index in [0.717, 1.165) is 25.7 Å². The zero-order valence-corrected chi connectivity index (χ0v) is 10.0. The summed E-state index contributed by atoms with van der Waals surface area (Å²) >= 11 is 0. The highest BCUT2D eigenvalue weighted by Gasteiger charge is 2.28. The summed E-state index contributed by atoms with van der Waals surface area (Å²) in [5, 5.41) is 0. The number of amides is 1. The first kappa shape index (κ1) is 12.0. The molecule has 0 aliphatic heterocycles. The van der Waals surface area contributed by atoms with Crippen molar-refractivity contribution < 1.29 is 4.79 Å². The molecule has 0 saturated heterocycles. The average molecular weight is 234 g/mol. The Morgan fingerprint density at radius 1 is 1.35 bits per heavy atom. The van der Waals surface area contributed by atoms with E-state index in [-0.39, 0.29) is 18.0 Å². The Balaban J connectivity index is 2.09. The lowest BCUT2D eigenvalue weighted by Crippen LogP contribution is -2.50. The van der Waals surface area contributed by atoms with Crippen LogP contribution in [0.1, 0.15) is 36.0 Å². The third kappa shape index (κ3) is 2.61. The van der Waals surface area contributed by atoms with E-state index in [2.05, 4.69) is 9.97 Å². The zero-order valence-electron chi connectivity index (χ0n) is 10.0. The number of nitrogens with zero attached hydrogens (tertiary/aromatic N) is 3. The predicted octanol–water partition coefficient (Wildman–Crippen LogP) is 0.819. The normalized spacial score (nSPS) is 24.4. The first-order valence-electron chi connectivity index (χ1n) is 5.98. The molecule has 0 spiro atoms. The molecule has 1 aromatic rings. The van der Waals surface area contributed by atoms with Gasteiger partial charge in [-0.15, -0.1) is 0 Å². The number of aromatic nitrogens is 2. The minimum absolute atomic E-state index is 0.0482. The molecule has 1 fully saturated rings. The minimum Gasteiger partial charge on any atom is -0.337 e. The first-order valence-corrected chi connectivity index (χ1v) is 5.98. The van der Waals surface area contributed by atoms with Gasteiger partial charge in [0.2, 0.25) is 0 Å². The van der Waals surface area contributed by atoms with Crippen molar-refractivity contribution in [2.45, 2.75) is 37.8 Å². The summed E-state index contributed by atoms with van der Waals surface area (Å²) in [6, 6.07) is 0.221. The van der Waals surface area contributed by atoms with E-state index in [1.165, 1.54) is 6.33 Å². The maximum atomic E-state index is 12.2. The molecule has 2 atom stereocenters. The Morgan fingerprint density at radius 2 is 2.00 bits per heavy atom. The Morgan fingerprint density at radius 3 is 2.65 bits per heavy atom. The Bertz CT molecular complexity index is 381. The summed E-state index contributed by atoms with van der Waals surface area (Å²) in [5.41, 5.74) is 6.59. The number of likely N-dealkylation sites (N-methyl/N-ethyl adjacent to an activating group) is 1. The van der Waals surface area contributed by atoms with Crippen LogP contribution in [0.4, 0.5) is 0 Å². The van der Waals surface area contributed by atoms with Gasteiger partial charge in [-0.25, -0.2) is 9.97 Å². The number of rotatable bonds is 2. The van der Waals surface area contributed by atoms with Crippen molar-refractivity contribution in [1.82, 2.24) is 14.9 Å². The summed E-state index contributed by atoms with van der Waals surface area (Å²) < 4.78 is 0. The molecular formula is C12H18N4O. The molecule has 5 nitrogen and oxygen atoms in total. The molecule has 0 radical (unpaired) electrons. The van der Waals surface area contributed by atoms with Crippen molar-refractivity contribution in [1.29, 1.82) is 0 Å². The second-order valence-electron chi connectivity index (χ2n) is 4.56. The van der Waals surface area contributed by atoms with Crippen LogP contribution in [-0.4, -0.2) is 39.9 Å². The molecule has 1 saturated carbocycles. The maximum Gasteiger partial charge on any atom is 0.257 e. The summed E-state index contributed by atoms with van der Waals surface area (Å²) in [6.07, 6.45) is 8.78. The smallest absolute Gasteiger partial charge is 0.257 e. The van der Waals surface area contributed by atoms with Gasteiger partial charge in [0.15, 0.2) is 0 Å². The highest BCUT2D eigenvalue weighted by atomic mass is 16.2. The maximum absolute atomic E-state index is 12.2. The molecule has 1 heterocycles. The Hall–Kier alpha value is -1.49. The molecule has 2 N–H and O–H groups in total. The van der Waals surface area contributed by atoms with Gasteiger partial charge in [-0.1, -0.05) is 12.8 Å². The van der Waals surface area contributed by atoms with E-state index >= 15 is 0 Å².